The van der Waals surface area contributed by atoms with E-state index in [2.05, 4.69) is 37.2 Å². The monoisotopic (exact) mass is 481 g/mol. The topological polar surface area (TPSA) is 58.6 Å². The molecule has 0 saturated carbocycles. The Morgan fingerprint density at radius 3 is 2.40 bits per heavy atom. The van der Waals surface area contributed by atoms with E-state index in [-0.39, 0.29) is 16.8 Å². The number of nitrogens with one attached hydrogen (secondary N) is 1. The molecule has 134 valence electrons. The van der Waals surface area contributed by atoms with Crippen molar-refractivity contribution in [2.75, 3.05) is 11.9 Å². The largest absolute Gasteiger partial charge is 0.490 e. The van der Waals surface area contributed by atoms with Gasteiger partial charge in [0.1, 0.15) is 12.4 Å². The molecular formula is C16H12Br2F3NO3. The van der Waals surface area contributed by atoms with Gasteiger partial charge < -0.3 is 15.2 Å². The Bertz CT molecular complexity index is 751. The molecule has 0 spiro atoms. The first-order valence-electron chi connectivity index (χ1n) is 6.91. The van der Waals surface area contributed by atoms with Crippen LogP contribution in [0, 0.1) is 0 Å². The summed E-state index contributed by atoms with van der Waals surface area (Å²) in [6.45, 7) is -0.337. The standard InChI is InChI=1S/C16H12Br2F3NO3/c17-9-1-4-11(5-2-9)25-8-14(23)15(24)22-10-3-6-13(18)12(7-10)16(19,20)21/h1-7,14,23H,8H2,(H,22,24)/t14-/m0/s1. The molecule has 0 bridgehead atoms. The minimum atomic E-state index is -4.57. The lowest BCUT2D eigenvalue weighted by Gasteiger charge is -2.15. The zero-order valence-electron chi connectivity index (χ0n) is 12.5. The average molecular weight is 483 g/mol. The molecule has 0 aromatic heterocycles. The maximum atomic E-state index is 12.8. The molecule has 1 atom stereocenters. The van der Waals surface area contributed by atoms with Crippen LogP contribution in [0.4, 0.5) is 18.9 Å². The van der Waals surface area contributed by atoms with Crippen LogP contribution in [-0.2, 0) is 11.0 Å². The van der Waals surface area contributed by atoms with E-state index in [1.54, 1.807) is 24.3 Å². The highest BCUT2D eigenvalue weighted by atomic mass is 79.9. The molecule has 0 saturated heterocycles. The zero-order valence-corrected chi connectivity index (χ0v) is 15.7. The van der Waals surface area contributed by atoms with Gasteiger partial charge in [-0.15, -0.1) is 0 Å². The second-order valence-electron chi connectivity index (χ2n) is 4.96. The number of benzene rings is 2. The van der Waals surface area contributed by atoms with Crippen molar-refractivity contribution >= 4 is 43.5 Å². The molecule has 9 heteroatoms. The van der Waals surface area contributed by atoms with Crippen LogP contribution in [0.1, 0.15) is 5.56 Å². The van der Waals surface area contributed by atoms with Crippen molar-refractivity contribution in [1.82, 2.24) is 0 Å². The zero-order chi connectivity index (χ0) is 18.6. The van der Waals surface area contributed by atoms with Crippen LogP contribution >= 0.6 is 31.9 Å². The Kier molecular flexibility index (Phi) is 6.47. The molecule has 0 fully saturated rings. The Morgan fingerprint density at radius 1 is 1.16 bits per heavy atom. The lowest BCUT2D eigenvalue weighted by molar-refractivity contribution is -0.138. The van der Waals surface area contributed by atoms with E-state index in [1.807, 2.05) is 0 Å². The molecule has 2 aromatic rings. The molecule has 0 unspecified atom stereocenters. The summed E-state index contributed by atoms with van der Waals surface area (Å²) >= 11 is 6.07. The number of carbonyl (C=O) groups is 1. The normalized spacial score (nSPS) is 12.6. The summed E-state index contributed by atoms with van der Waals surface area (Å²) in [7, 11) is 0. The van der Waals surface area contributed by atoms with E-state index in [0.717, 1.165) is 10.5 Å². The molecule has 2 N–H and O–H groups in total. The second-order valence-corrected chi connectivity index (χ2v) is 6.73. The third-order valence-corrected chi connectivity index (χ3v) is 4.28. The van der Waals surface area contributed by atoms with Crippen molar-refractivity contribution in [2.24, 2.45) is 0 Å². The molecule has 0 aliphatic carbocycles. The molecule has 0 heterocycles. The van der Waals surface area contributed by atoms with Crippen LogP contribution in [0.25, 0.3) is 0 Å². The summed E-state index contributed by atoms with van der Waals surface area (Å²) in [4.78, 5) is 11.9. The summed E-state index contributed by atoms with van der Waals surface area (Å²) < 4.78 is 44.5. The van der Waals surface area contributed by atoms with E-state index in [4.69, 9.17) is 4.74 Å². The predicted octanol–water partition coefficient (Wildman–Crippen LogP) is 4.61. The SMILES string of the molecule is O=C(Nc1ccc(Br)c(C(F)(F)F)c1)[C@@H](O)COc1ccc(Br)cc1. The number of aliphatic hydroxyl groups excluding tert-OH is 1. The Balaban J connectivity index is 1.98. The van der Waals surface area contributed by atoms with Gasteiger partial charge in [0.25, 0.3) is 5.91 Å². The van der Waals surface area contributed by atoms with Crippen molar-refractivity contribution in [1.29, 1.82) is 0 Å². The van der Waals surface area contributed by atoms with Crippen LogP contribution in [-0.4, -0.2) is 23.7 Å². The molecule has 2 aromatic carbocycles. The highest BCUT2D eigenvalue weighted by Crippen LogP contribution is 2.36. The molecule has 0 radical (unpaired) electrons. The fourth-order valence-electron chi connectivity index (χ4n) is 1.83. The Hall–Kier alpha value is -1.58. The number of anilines is 1. The third-order valence-electron chi connectivity index (χ3n) is 3.06. The number of halogens is 5. The minimum Gasteiger partial charge on any atom is -0.490 e. The minimum absolute atomic E-state index is 0.0804. The lowest BCUT2D eigenvalue weighted by atomic mass is 10.2. The van der Waals surface area contributed by atoms with Crippen molar-refractivity contribution in [3.8, 4) is 5.75 Å². The van der Waals surface area contributed by atoms with E-state index in [1.165, 1.54) is 12.1 Å². The summed E-state index contributed by atoms with van der Waals surface area (Å²) in [5.74, 6) is -0.425. The lowest BCUT2D eigenvalue weighted by Crippen LogP contribution is -2.33. The number of hydrogen-bond acceptors (Lipinski definition) is 3. The van der Waals surface area contributed by atoms with Gasteiger partial charge in [0.2, 0.25) is 0 Å². The first kappa shape index (κ1) is 19.7. The number of amides is 1. The quantitative estimate of drug-likeness (QED) is 0.654. The summed E-state index contributed by atoms with van der Waals surface area (Å²) in [6, 6.07) is 9.97. The number of rotatable bonds is 5. The van der Waals surface area contributed by atoms with E-state index in [9.17, 15) is 23.1 Å². The van der Waals surface area contributed by atoms with Crippen LogP contribution in [0.15, 0.2) is 51.4 Å². The van der Waals surface area contributed by atoms with Crippen molar-refractivity contribution < 1.29 is 27.8 Å². The molecular weight excluding hydrogens is 471 g/mol. The number of hydrogen-bond donors (Lipinski definition) is 2. The smallest absolute Gasteiger partial charge is 0.417 e. The van der Waals surface area contributed by atoms with E-state index in [0.29, 0.717) is 5.75 Å². The average Bonchev–Trinajstić information content (AvgIpc) is 2.54. The number of carbonyl (C=O) groups excluding carboxylic acids is 1. The maximum absolute atomic E-state index is 12.8. The van der Waals surface area contributed by atoms with Crippen molar-refractivity contribution in [3.05, 3.63) is 57.0 Å². The Labute approximate surface area is 158 Å². The van der Waals surface area contributed by atoms with Gasteiger partial charge >= 0.3 is 6.18 Å². The predicted molar refractivity (Wildman–Crippen MR) is 93.4 cm³/mol. The van der Waals surface area contributed by atoms with Crippen LogP contribution in [0.2, 0.25) is 0 Å². The van der Waals surface area contributed by atoms with Crippen LogP contribution in [0.3, 0.4) is 0 Å². The van der Waals surface area contributed by atoms with Gasteiger partial charge in [-0.1, -0.05) is 31.9 Å². The first-order chi connectivity index (χ1) is 11.7. The van der Waals surface area contributed by atoms with Gasteiger partial charge in [-0.05, 0) is 42.5 Å². The fourth-order valence-corrected chi connectivity index (χ4v) is 2.56. The summed E-state index contributed by atoms with van der Waals surface area (Å²) in [6.07, 6.45) is -6.11. The Morgan fingerprint density at radius 2 is 1.80 bits per heavy atom. The summed E-state index contributed by atoms with van der Waals surface area (Å²) in [5, 5.41) is 12.0. The van der Waals surface area contributed by atoms with E-state index >= 15 is 0 Å². The van der Waals surface area contributed by atoms with Crippen LogP contribution in [0.5, 0.6) is 5.75 Å². The molecule has 25 heavy (non-hydrogen) atoms. The molecule has 0 aliphatic rings. The van der Waals surface area contributed by atoms with Gasteiger partial charge in [0.15, 0.2) is 6.10 Å². The molecule has 2 rings (SSSR count). The fraction of sp³-hybridized carbons (Fsp3) is 0.188. The molecule has 4 nitrogen and oxygen atoms in total. The third kappa shape index (κ3) is 5.72. The van der Waals surface area contributed by atoms with Gasteiger partial charge in [-0.2, -0.15) is 13.2 Å². The number of alkyl halides is 3. The molecule has 1 amide bonds. The number of ether oxygens (including phenoxy) is 1. The maximum Gasteiger partial charge on any atom is 0.417 e. The van der Waals surface area contributed by atoms with E-state index < -0.39 is 23.8 Å². The molecule has 0 aliphatic heterocycles. The van der Waals surface area contributed by atoms with Gasteiger partial charge in [-0.3, -0.25) is 4.79 Å². The number of aliphatic hydroxyl groups is 1. The first-order valence-corrected chi connectivity index (χ1v) is 8.49. The highest BCUT2D eigenvalue weighted by Gasteiger charge is 2.33. The van der Waals surface area contributed by atoms with Gasteiger partial charge in [0.05, 0.1) is 5.56 Å². The van der Waals surface area contributed by atoms with Gasteiger partial charge in [-0.25, -0.2) is 0 Å². The summed E-state index contributed by atoms with van der Waals surface area (Å²) in [5.41, 5.74) is -1.01. The second kappa shape index (κ2) is 8.20. The van der Waals surface area contributed by atoms with Crippen molar-refractivity contribution in [3.63, 3.8) is 0 Å². The highest BCUT2D eigenvalue weighted by molar-refractivity contribution is 9.10. The van der Waals surface area contributed by atoms with Gasteiger partial charge in [0, 0.05) is 14.6 Å². The van der Waals surface area contributed by atoms with Crippen LogP contribution < -0.4 is 10.1 Å². The van der Waals surface area contributed by atoms with Crippen molar-refractivity contribution in [2.45, 2.75) is 12.3 Å².